The normalized spacial score (nSPS) is 24.0. The first-order chi connectivity index (χ1) is 9.78. The topological polar surface area (TPSA) is 15.3 Å². The summed E-state index contributed by atoms with van der Waals surface area (Å²) in [5, 5.41) is 3.83. The van der Waals surface area contributed by atoms with E-state index in [-0.39, 0.29) is 0 Å². The lowest BCUT2D eigenvalue weighted by Gasteiger charge is -2.31. The van der Waals surface area contributed by atoms with E-state index in [2.05, 4.69) is 51.3 Å². The first-order valence-corrected chi connectivity index (χ1v) is 8.80. The van der Waals surface area contributed by atoms with Gasteiger partial charge < -0.3 is 10.2 Å². The molecule has 0 saturated carbocycles. The van der Waals surface area contributed by atoms with Crippen molar-refractivity contribution in [3.8, 4) is 0 Å². The Hall–Kier alpha value is -0.380. The number of hydrogen-bond donors (Lipinski definition) is 1. The third-order valence-electron chi connectivity index (χ3n) is 5.02. The molecule has 1 heterocycles. The Bertz CT molecular complexity index is 452. The quantitative estimate of drug-likeness (QED) is 0.900. The summed E-state index contributed by atoms with van der Waals surface area (Å²) >= 11 is 3.68. The van der Waals surface area contributed by atoms with Crippen LogP contribution in [-0.2, 0) is 6.42 Å². The molecule has 1 aromatic rings. The fourth-order valence-electron chi connectivity index (χ4n) is 3.64. The number of rotatable bonds is 4. The Balaban J connectivity index is 1.53. The van der Waals surface area contributed by atoms with Crippen molar-refractivity contribution in [2.45, 2.75) is 38.6 Å². The molecule has 3 heteroatoms. The third-order valence-corrected chi connectivity index (χ3v) is 5.76. The molecular formula is C17H25BrN2. The summed E-state index contributed by atoms with van der Waals surface area (Å²) < 4.78 is 1.29. The van der Waals surface area contributed by atoms with Crippen molar-refractivity contribution < 1.29 is 0 Å². The molecule has 1 N–H and O–H groups in total. The number of benzene rings is 1. The van der Waals surface area contributed by atoms with Gasteiger partial charge in [0.15, 0.2) is 0 Å². The molecule has 0 bridgehead atoms. The lowest BCUT2D eigenvalue weighted by molar-refractivity contribution is 0.187. The van der Waals surface area contributed by atoms with Gasteiger partial charge in [0.2, 0.25) is 0 Å². The van der Waals surface area contributed by atoms with Crippen molar-refractivity contribution in [2.75, 3.05) is 26.2 Å². The van der Waals surface area contributed by atoms with Gasteiger partial charge in [-0.25, -0.2) is 0 Å². The zero-order valence-electron chi connectivity index (χ0n) is 12.4. The minimum atomic E-state index is 0.576. The molecule has 20 heavy (non-hydrogen) atoms. The van der Waals surface area contributed by atoms with E-state index < -0.39 is 0 Å². The molecule has 2 aliphatic rings. The molecule has 1 saturated heterocycles. The Morgan fingerprint density at radius 1 is 1.25 bits per heavy atom. The maximum atomic E-state index is 3.83. The average molecular weight is 337 g/mol. The van der Waals surface area contributed by atoms with Crippen LogP contribution in [0.4, 0.5) is 0 Å². The lowest BCUT2D eigenvalue weighted by Crippen LogP contribution is -2.37. The van der Waals surface area contributed by atoms with Crippen LogP contribution in [0.2, 0.25) is 0 Å². The number of piperidine rings is 1. The number of likely N-dealkylation sites (tertiary alicyclic amines) is 1. The minimum Gasteiger partial charge on any atom is -0.310 e. The molecule has 1 atom stereocenters. The van der Waals surface area contributed by atoms with Crippen LogP contribution in [0.5, 0.6) is 0 Å². The summed E-state index contributed by atoms with van der Waals surface area (Å²) in [4.78, 5) is 2.57. The Morgan fingerprint density at radius 2 is 2.05 bits per heavy atom. The number of hydrogen-bond acceptors (Lipinski definition) is 2. The maximum Gasteiger partial charge on any atom is 0.0326 e. The predicted octanol–water partition coefficient (Wildman–Crippen LogP) is 3.76. The summed E-state index contributed by atoms with van der Waals surface area (Å²) in [6.45, 7) is 7.25. The summed E-state index contributed by atoms with van der Waals surface area (Å²) in [7, 11) is 0. The van der Waals surface area contributed by atoms with Crippen LogP contribution in [0.3, 0.4) is 0 Å². The highest BCUT2D eigenvalue weighted by Crippen LogP contribution is 2.35. The van der Waals surface area contributed by atoms with Crippen molar-refractivity contribution in [3.05, 3.63) is 33.8 Å². The summed E-state index contributed by atoms with van der Waals surface area (Å²) in [5.41, 5.74) is 3.04. The Kier molecular flexibility index (Phi) is 4.79. The van der Waals surface area contributed by atoms with Crippen molar-refractivity contribution in [3.63, 3.8) is 0 Å². The standard InChI is InChI=1S/C17H25BrN2/c1-2-20-10-8-13(9-11-20)12-19-17-7-6-14-15(17)4-3-5-16(14)18/h3-5,13,17,19H,2,6-12H2,1H3. The minimum absolute atomic E-state index is 0.576. The zero-order chi connectivity index (χ0) is 13.9. The van der Waals surface area contributed by atoms with Crippen LogP contribution in [0.15, 0.2) is 22.7 Å². The smallest absolute Gasteiger partial charge is 0.0326 e. The van der Waals surface area contributed by atoms with Gasteiger partial charge >= 0.3 is 0 Å². The van der Waals surface area contributed by atoms with Gasteiger partial charge in [0.05, 0.1) is 0 Å². The monoisotopic (exact) mass is 336 g/mol. The first-order valence-electron chi connectivity index (χ1n) is 8.01. The number of nitrogens with zero attached hydrogens (tertiary/aromatic N) is 1. The molecule has 0 spiro atoms. The van der Waals surface area contributed by atoms with Gasteiger partial charge in [-0.2, -0.15) is 0 Å². The molecule has 1 aliphatic carbocycles. The van der Waals surface area contributed by atoms with Crippen LogP contribution in [-0.4, -0.2) is 31.1 Å². The Labute approximate surface area is 131 Å². The van der Waals surface area contributed by atoms with Gasteiger partial charge in [0, 0.05) is 10.5 Å². The first kappa shape index (κ1) is 14.6. The third kappa shape index (κ3) is 3.10. The SMILES string of the molecule is CCN1CCC(CNC2CCc3c(Br)cccc32)CC1. The van der Waals surface area contributed by atoms with Crippen molar-refractivity contribution in [1.29, 1.82) is 0 Å². The highest BCUT2D eigenvalue weighted by Gasteiger charge is 2.25. The maximum absolute atomic E-state index is 3.83. The van der Waals surface area contributed by atoms with E-state index in [0.717, 1.165) is 5.92 Å². The summed E-state index contributed by atoms with van der Waals surface area (Å²) in [5.74, 6) is 0.869. The molecule has 1 aliphatic heterocycles. The van der Waals surface area contributed by atoms with Crippen LogP contribution in [0, 0.1) is 5.92 Å². The van der Waals surface area contributed by atoms with Gasteiger partial charge in [0.1, 0.15) is 0 Å². The van der Waals surface area contributed by atoms with Crippen molar-refractivity contribution in [1.82, 2.24) is 10.2 Å². The second-order valence-corrected chi connectivity index (χ2v) is 7.04. The van der Waals surface area contributed by atoms with Crippen LogP contribution >= 0.6 is 15.9 Å². The van der Waals surface area contributed by atoms with Gasteiger partial charge in [-0.05, 0) is 75.0 Å². The molecular weight excluding hydrogens is 312 g/mol. The second-order valence-electron chi connectivity index (χ2n) is 6.18. The van der Waals surface area contributed by atoms with E-state index in [0.29, 0.717) is 6.04 Å². The summed E-state index contributed by atoms with van der Waals surface area (Å²) in [6.07, 6.45) is 5.19. The molecule has 1 fully saturated rings. The van der Waals surface area contributed by atoms with Crippen LogP contribution in [0.1, 0.15) is 43.4 Å². The van der Waals surface area contributed by atoms with Gasteiger partial charge in [0.25, 0.3) is 0 Å². The van der Waals surface area contributed by atoms with E-state index in [1.54, 1.807) is 0 Å². The number of fused-ring (bicyclic) bond motifs is 1. The summed E-state index contributed by atoms with van der Waals surface area (Å²) in [6, 6.07) is 7.21. The van der Waals surface area contributed by atoms with E-state index >= 15 is 0 Å². The fourth-order valence-corrected chi connectivity index (χ4v) is 4.22. The molecule has 0 radical (unpaired) electrons. The number of nitrogens with one attached hydrogen (secondary N) is 1. The van der Waals surface area contributed by atoms with E-state index in [1.165, 1.54) is 67.5 Å². The van der Waals surface area contributed by atoms with Crippen LogP contribution < -0.4 is 5.32 Å². The molecule has 2 nitrogen and oxygen atoms in total. The highest BCUT2D eigenvalue weighted by atomic mass is 79.9. The van der Waals surface area contributed by atoms with E-state index in [1.807, 2.05) is 0 Å². The zero-order valence-corrected chi connectivity index (χ0v) is 14.0. The lowest BCUT2D eigenvalue weighted by atomic mass is 9.96. The van der Waals surface area contributed by atoms with Crippen LogP contribution in [0.25, 0.3) is 0 Å². The Morgan fingerprint density at radius 3 is 2.80 bits per heavy atom. The largest absolute Gasteiger partial charge is 0.310 e. The van der Waals surface area contributed by atoms with Crippen molar-refractivity contribution >= 4 is 15.9 Å². The van der Waals surface area contributed by atoms with Gasteiger partial charge in [-0.1, -0.05) is 35.0 Å². The number of halogens is 1. The molecule has 0 aromatic heterocycles. The van der Waals surface area contributed by atoms with Crippen molar-refractivity contribution in [2.24, 2.45) is 5.92 Å². The molecule has 1 aromatic carbocycles. The predicted molar refractivity (Wildman–Crippen MR) is 88.0 cm³/mol. The molecule has 110 valence electrons. The molecule has 0 amide bonds. The fraction of sp³-hybridized carbons (Fsp3) is 0.647. The van der Waals surface area contributed by atoms with E-state index in [4.69, 9.17) is 0 Å². The van der Waals surface area contributed by atoms with Gasteiger partial charge in [-0.15, -0.1) is 0 Å². The highest BCUT2D eigenvalue weighted by molar-refractivity contribution is 9.10. The second kappa shape index (κ2) is 6.59. The molecule has 1 unspecified atom stereocenters. The average Bonchev–Trinajstić information content (AvgIpc) is 2.90. The van der Waals surface area contributed by atoms with E-state index in [9.17, 15) is 0 Å². The molecule has 3 rings (SSSR count). The van der Waals surface area contributed by atoms with Gasteiger partial charge in [-0.3, -0.25) is 0 Å².